The van der Waals surface area contributed by atoms with Crippen molar-refractivity contribution in [2.24, 2.45) is 7.05 Å². The lowest BCUT2D eigenvalue weighted by molar-refractivity contribution is -0.384. The average molecular weight is 577 g/mol. The third-order valence-corrected chi connectivity index (χ3v) is 6.86. The van der Waals surface area contributed by atoms with Crippen molar-refractivity contribution in [3.05, 3.63) is 64.5 Å². The zero-order chi connectivity index (χ0) is 30.4. The number of methoxy groups -OCH3 is 2. The predicted octanol–water partition coefficient (Wildman–Crippen LogP) is 3.67. The van der Waals surface area contributed by atoms with Crippen molar-refractivity contribution >= 4 is 39.8 Å². The summed E-state index contributed by atoms with van der Waals surface area (Å²) >= 11 is 0. The lowest BCUT2D eigenvalue weighted by atomic mass is 10.1. The molecule has 42 heavy (non-hydrogen) atoms. The van der Waals surface area contributed by atoms with Crippen LogP contribution >= 0.6 is 0 Å². The van der Waals surface area contributed by atoms with Gasteiger partial charge in [-0.1, -0.05) is 18.2 Å². The normalized spacial score (nSPS) is 11.1. The fraction of sp³-hybridized carbons (Fsp3) is 0.345. The summed E-state index contributed by atoms with van der Waals surface area (Å²) in [6.45, 7) is 2.04. The summed E-state index contributed by atoms with van der Waals surface area (Å²) < 4.78 is 12.5. The van der Waals surface area contributed by atoms with E-state index < -0.39 is 4.92 Å². The fourth-order valence-electron chi connectivity index (χ4n) is 4.69. The largest absolute Gasteiger partial charge is 0.494 e. The molecule has 0 saturated carbocycles. The number of aryl methyl sites for hydroxylation is 1. The quantitative estimate of drug-likeness (QED) is 0.138. The van der Waals surface area contributed by atoms with E-state index in [-0.39, 0.29) is 17.5 Å². The Labute approximate surface area is 244 Å². The van der Waals surface area contributed by atoms with E-state index in [0.717, 1.165) is 17.4 Å². The number of amides is 1. The van der Waals surface area contributed by atoms with Gasteiger partial charge in [-0.15, -0.1) is 0 Å². The van der Waals surface area contributed by atoms with Crippen LogP contribution in [0.25, 0.3) is 22.2 Å². The summed E-state index contributed by atoms with van der Waals surface area (Å²) in [5.74, 6) is 0.317. The Kier molecular flexibility index (Phi) is 9.55. The molecule has 0 fully saturated rings. The Balaban J connectivity index is 1.75. The number of nitrogens with one attached hydrogen (secondary N) is 2. The minimum Gasteiger partial charge on any atom is -0.494 e. The predicted molar refractivity (Wildman–Crippen MR) is 163 cm³/mol. The van der Waals surface area contributed by atoms with Gasteiger partial charge in [0.25, 0.3) is 11.6 Å². The summed E-state index contributed by atoms with van der Waals surface area (Å²) in [6.07, 6.45) is 1.57. The molecule has 0 aliphatic carbocycles. The molecule has 0 bridgehead atoms. The third kappa shape index (κ3) is 6.42. The van der Waals surface area contributed by atoms with Gasteiger partial charge < -0.3 is 34.5 Å². The minimum absolute atomic E-state index is 0.0835. The van der Waals surface area contributed by atoms with Crippen LogP contribution in [-0.4, -0.2) is 91.9 Å². The van der Waals surface area contributed by atoms with Gasteiger partial charge in [-0.05, 0) is 26.2 Å². The molecule has 0 aliphatic rings. The van der Waals surface area contributed by atoms with Gasteiger partial charge in [-0.25, -0.2) is 9.97 Å². The first-order valence-electron chi connectivity index (χ1n) is 13.3. The van der Waals surface area contributed by atoms with Crippen LogP contribution in [0, 0.1) is 10.1 Å². The van der Waals surface area contributed by atoms with Crippen molar-refractivity contribution in [3.8, 4) is 17.0 Å². The highest BCUT2D eigenvalue weighted by Gasteiger charge is 2.25. The molecule has 0 atom stereocenters. The van der Waals surface area contributed by atoms with E-state index in [1.165, 1.54) is 13.2 Å². The zero-order valence-electron chi connectivity index (χ0n) is 24.7. The van der Waals surface area contributed by atoms with Crippen molar-refractivity contribution in [2.75, 3.05) is 71.8 Å². The molecule has 0 aliphatic heterocycles. The summed E-state index contributed by atoms with van der Waals surface area (Å²) in [7, 11) is 10.6. The number of hydrogen-bond donors (Lipinski definition) is 2. The van der Waals surface area contributed by atoms with Crippen LogP contribution in [0.3, 0.4) is 0 Å². The number of nitrogens with zero attached hydrogens (tertiary/aromatic N) is 6. The first-order valence-corrected chi connectivity index (χ1v) is 13.3. The van der Waals surface area contributed by atoms with E-state index in [4.69, 9.17) is 14.5 Å². The maximum absolute atomic E-state index is 13.3. The molecule has 4 aromatic rings. The number of aromatic nitrogens is 3. The highest BCUT2D eigenvalue weighted by atomic mass is 16.6. The van der Waals surface area contributed by atoms with E-state index in [0.29, 0.717) is 53.8 Å². The molecule has 0 spiro atoms. The molecular weight excluding hydrogens is 540 g/mol. The lowest BCUT2D eigenvalue weighted by Crippen LogP contribution is -2.29. The molecule has 0 unspecified atom stereocenters. The van der Waals surface area contributed by atoms with Crippen molar-refractivity contribution in [3.63, 3.8) is 0 Å². The Morgan fingerprint density at radius 2 is 1.88 bits per heavy atom. The number of hydrogen-bond acceptors (Lipinski definition) is 10. The molecule has 0 radical (unpaired) electrons. The first kappa shape index (κ1) is 30.2. The van der Waals surface area contributed by atoms with Crippen LogP contribution < -0.4 is 20.3 Å². The van der Waals surface area contributed by atoms with Crippen molar-refractivity contribution in [2.45, 2.75) is 0 Å². The molecule has 222 valence electrons. The SMILES string of the molecule is COCCNC(=O)c1c(-c2ccnc(Nc3cc([N+](=O)[O-])c(N(C)CCN(C)C)cc3OC)n2)c2ccccc2n1C. The molecule has 0 saturated heterocycles. The highest BCUT2D eigenvalue weighted by molar-refractivity contribution is 6.09. The van der Waals surface area contributed by atoms with Gasteiger partial charge in [0, 0.05) is 75.6 Å². The van der Waals surface area contributed by atoms with Crippen LogP contribution in [0.2, 0.25) is 0 Å². The fourth-order valence-corrected chi connectivity index (χ4v) is 4.69. The van der Waals surface area contributed by atoms with E-state index >= 15 is 0 Å². The maximum atomic E-state index is 13.3. The summed E-state index contributed by atoms with van der Waals surface area (Å²) in [6, 6.07) is 12.5. The van der Waals surface area contributed by atoms with Gasteiger partial charge in [-0.2, -0.15) is 0 Å². The topological polar surface area (TPSA) is 140 Å². The van der Waals surface area contributed by atoms with Crippen LogP contribution in [-0.2, 0) is 11.8 Å². The Hall–Kier alpha value is -4.75. The van der Waals surface area contributed by atoms with E-state index in [1.54, 1.807) is 32.5 Å². The van der Waals surface area contributed by atoms with Gasteiger partial charge in [0.1, 0.15) is 17.1 Å². The van der Waals surface area contributed by atoms with Crippen molar-refractivity contribution < 1.29 is 19.2 Å². The second-order valence-corrected chi connectivity index (χ2v) is 9.96. The van der Waals surface area contributed by atoms with E-state index in [1.807, 2.05) is 59.8 Å². The number of ether oxygens (including phenoxy) is 2. The van der Waals surface area contributed by atoms with Gasteiger partial charge >= 0.3 is 0 Å². The van der Waals surface area contributed by atoms with Crippen molar-refractivity contribution in [1.29, 1.82) is 0 Å². The lowest BCUT2D eigenvalue weighted by Gasteiger charge is -2.22. The molecule has 2 aromatic heterocycles. The Morgan fingerprint density at radius 3 is 2.57 bits per heavy atom. The number of benzene rings is 2. The summed E-state index contributed by atoms with van der Waals surface area (Å²) in [4.78, 5) is 37.8. The Morgan fingerprint density at radius 1 is 1.12 bits per heavy atom. The molecular formula is C29H36N8O5. The Bertz CT molecular complexity index is 1590. The first-order chi connectivity index (χ1) is 20.2. The average Bonchev–Trinajstić information content (AvgIpc) is 3.28. The second kappa shape index (κ2) is 13.3. The molecule has 2 N–H and O–H groups in total. The standard InChI is InChI=1S/C29H36N8O5/c1-34(2)14-15-35(3)23-18-25(42-6)21(17-24(23)37(39)40)33-29-31-12-11-20(32-29)26-19-9-7-8-10-22(19)36(4)27(26)28(38)30-13-16-41-5/h7-12,17-18H,13-16H2,1-6H3,(H,30,38)(H,31,32,33). The zero-order valence-corrected chi connectivity index (χ0v) is 24.7. The van der Waals surface area contributed by atoms with Gasteiger partial charge in [0.05, 0.1) is 30.0 Å². The monoisotopic (exact) mass is 576 g/mol. The molecule has 2 heterocycles. The molecule has 1 amide bonds. The van der Waals surface area contributed by atoms with E-state index in [2.05, 4.69) is 15.6 Å². The van der Waals surface area contributed by atoms with Gasteiger partial charge in [0.15, 0.2) is 0 Å². The molecule has 2 aromatic carbocycles. The minimum atomic E-state index is -0.423. The third-order valence-electron chi connectivity index (χ3n) is 6.86. The number of anilines is 3. The molecule has 13 heteroatoms. The second-order valence-electron chi connectivity index (χ2n) is 9.96. The van der Waals surface area contributed by atoms with Crippen LogP contribution in [0.1, 0.15) is 10.5 Å². The summed E-state index contributed by atoms with van der Waals surface area (Å²) in [5, 5.41) is 18.9. The number of nitro groups is 1. The number of carbonyl (C=O) groups excluding carboxylic acids is 1. The van der Waals surface area contributed by atoms with Crippen LogP contribution in [0.5, 0.6) is 5.75 Å². The number of fused-ring (bicyclic) bond motifs is 1. The number of likely N-dealkylation sites (N-methyl/N-ethyl adjacent to an activating group) is 2. The number of carbonyl (C=O) groups is 1. The van der Waals surface area contributed by atoms with Crippen LogP contribution in [0.15, 0.2) is 48.7 Å². The van der Waals surface area contributed by atoms with Crippen molar-refractivity contribution in [1.82, 2.24) is 24.8 Å². The molecule has 4 rings (SSSR count). The van der Waals surface area contributed by atoms with Gasteiger partial charge in [0.2, 0.25) is 5.95 Å². The number of rotatable bonds is 13. The number of nitro benzene ring substituents is 1. The maximum Gasteiger partial charge on any atom is 0.294 e. The van der Waals surface area contributed by atoms with E-state index in [9.17, 15) is 14.9 Å². The van der Waals surface area contributed by atoms with Gasteiger partial charge in [-0.3, -0.25) is 14.9 Å². The smallest absolute Gasteiger partial charge is 0.294 e. The summed E-state index contributed by atoms with van der Waals surface area (Å²) in [5.41, 5.74) is 3.14. The number of para-hydroxylation sites is 1. The van der Waals surface area contributed by atoms with Crippen LogP contribution in [0.4, 0.5) is 23.0 Å². The highest BCUT2D eigenvalue weighted by Crippen LogP contribution is 2.39. The molecule has 13 nitrogen and oxygen atoms in total.